The molecule has 0 bridgehead atoms. The predicted molar refractivity (Wildman–Crippen MR) is 130 cm³/mol. The average molecular weight is 467 g/mol. The monoisotopic (exact) mass is 466 g/mol. The van der Waals surface area contributed by atoms with Gasteiger partial charge in [-0.1, -0.05) is 30.3 Å². The van der Waals surface area contributed by atoms with E-state index in [1.807, 2.05) is 90.1 Å². The average Bonchev–Trinajstić information content (AvgIpc) is 3.25. The van der Waals surface area contributed by atoms with Crippen LogP contribution in [0.4, 0.5) is 15.3 Å². The van der Waals surface area contributed by atoms with Crippen LogP contribution >= 0.6 is 0 Å². The van der Waals surface area contributed by atoms with E-state index >= 15 is 0 Å². The van der Waals surface area contributed by atoms with Crippen molar-refractivity contribution in [3.8, 4) is 5.75 Å². The van der Waals surface area contributed by atoms with Crippen molar-refractivity contribution in [1.29, 1.82) is 0 Å². The summed E-state index contributed by atoms with van der Waals surface area (Å²) >= 11 is 0. The molecule has 7 nitrogen and oxygen atoms in total. The van der Waals surface area contributed by atoms with Crippen LogP contribution in [0.15, 0.2) is 48.5 Å². The van der Waals surface area contributed by atoms with Crippen molar-refractivity contribution in [2.24, 2.45) is 0 Å². The summed E-state index contributed by atoms with van der Waals surface area (Å²) in [7, 11) is 1.63. The van der Waals surface area contributed by atoms with Gasteiger partial charge in [0, 0.05) is 6.54 Å². The Bertz CT molecular complexity index is 1080. The summed E-state index contributed by atoms with van der Waals surface area (Å²) in [6, 6.07) is 15.7. The molecule has 1 saturated heterocycles. The van der Waals surface area contributed by atoms with E-state index in [2.05, 4.69) is 0 Å². The number of hydrogen-bond donors (Lipinski definition) is 0. The summed E-state index contributed by atoms with van der Waals surface area (Å²) in [5.74, 6) is 0.744. The molecule has 0 aromatic heterocycles. The maximum absolute atomic E-state index is 13.6. The van der Waals surface area contributed by atoms with Crippen LogP contribution in [0.25, 0.3) is 0 Å². The molecule has 0 unspecified atom stereocenters. The number of amides is 2. The fourth-order valence-electron chi connectivity index (χ4n) is 5.00. The summed E-state index contributed by atoms with van der Waals surface area (Å²) in [5.41, 5.74) is 0.754. The lowest BCUT2D eigenvalue weighted by Crippen LogP contribution is -2.55. The Hall–Kier alpha value is -3.22. The maximum Gasteiger partial charge on any atom is 0.416 e. The van der Waals surface area contributed by atoms with E-state index in [1.54, 1.807) is 16.9 Å². The molecule has 7 heteroatoms. The number of para-hydroxylation sites is 1. The number of anilines is 1. The van der Waals surface area contributed by atoms with Crippen LogP contribution in [-0.4, -0.2) is 48.1 Å². The van der Waals surface area contributed by atoms with Crippen LogP contribution in [0.5, 0.6) is 5.75 Å². The Morgan fingerprint density at radius 1 is 0.882 bits per heavy atom. The van der Waals surface area contributed by atoms with Gasteiger partial charge in [0.25, 0.3) is 0 Å². The second-order valence-electron chi connectivity index (χ2n) is 10.9. The first-order valence-corrected chi connectivity index (χ1v) is 11.6. The summed E-state index contributed by atoms with van der Waals surface area (Å²) < 4.78 is 17.0. The summed E-state index contributed by atoms with van der Waals surface area (Å²) in [5, 5.41) is 0. The standard InChI is InChI=1S/C27H34N2O5/c1-25(2,3)33-23(30)28-17-16-27(18-12-14-19(32-7)15-13-18)20-10-8-9-11-21(20)29(22(27)28)24(31)34-26(4,5)6/h8-15,22H,16-17H2,1-7H3/t22-,27-/m0/s1. The smallest absolute Gasteiger partial charge is 0.416 e. The normalized spacial score (nSPS) is 21.7. The van der Waals surface area contributed by atoms with Crippen LogP contribution in [0.3, 0.4) is 0 Å². The van der Waals surface area contributed by atoms with Crippen molar-refractivity contribution in [2.45, 2.75) is 70.7 Å². The third-order valence-corrected chi connectivity index (χ3v) is 6.20. The quantitative estimate of drug-likeness (QED) is 0.568. The number of ether oxygens (including phenoxy) is 3. The SMILES string of the molecule is COc1ccc([C@]23CCN(C(=O)OC(C)(C)C)[C@H]2N(C(=O)OC(C)(C)C)c2ccccc23)cc1. The van der Waals surface area contributed by atoms with Gasteiger partial charge in [0.1, 0.15) is 23.1 Å². The van der Waals surface area contributed by atoms with Crippen molar-refractivity contribution in [3.05, 3.63) is 59.7 Å². The Balaban J connectivity index is 1.89. The topological polar surface area (TPSA) is 68.3 Å². The molecule has 182 valence electrons. The molecule has 2 aliphatic heterocycles. The van der Waals surface area contributed by atoms with Gasteiger partial charge in [-0.25, -0.2) is 9.59 Å². The molecule has 0 radical (unpaired) electrons. The Labute approximate surface area is 201 Å². The number of carbonyl (C=O) groups excluding carboxylic acids is 2. The fourth-order valence-corrected chi connectivity index (χ4v) is 5.00. The number of nitrogens with zero attached hydrogens (tertiary/aromatic N) is 2. The second kappa shape index (κ2) is 8.22. The molecule has 0 aliphatic carbocycles. The first-order valence-electron chi connectivity index (χ1n) is 11.6. The number of fused-ring (bicyclic) bond motifs is 3. The highest BCUT2D eigenvalue weighted by atomic mass is 16.6. The molecular formula is C27H34N2O5. The number of rotatable bonds is 2. The molecule has 34 heavy (non-hydrogen) atoms. The largest absolute Gasteiger partial charge is 0.497 e. The van der Waals surface area contributed by atoms with E-state index in [9.17, 15) is 9.59 Å². The number of hydrogen-bond acceptors (Lipinski definition) is 5. The molecule has 2 amide bonds. The van der Waals surface area contributed by atoms with E-state index in [0.29, 0.717) is 13.0 Å². The van der Waals surface area contributed by atoms with Crippen LogP contribution in [-0.2, 0) is 14.9 Å². The summed E-state index contributed by atoms with van der Waals surface area (Å²) in [4.78, 5) is 30.3. The Kier molecular flexibility index (Phi) is 5.78. The predicted octanol–water partition coefficient (Wildman–Crippen LogP) is 5.70. The molecule has 0 N–H and O–H groups in total. The van der Waals surface area contributed by atoms with Crippen LogP contribution < -0.4 is 9.64 Å². The van der Waals surface area contributed by atoms with Crippen molar-refractivity contribution in [3.63, 3.8) is 0 Å². The molecule has 0 spiro atoms. The minimum Gasteiger partial charge on any atom is -0.497 e. The van der Waals surface area contributed by atoms with Crippen molar-refractivity contribution < 1.29 is 23.8 Å². The highest BCUT2D eigenvalue weighted by Gasteiger charge is 2.62. The number of benzene rings is 2. The minimum atomic E-state index is -0.688. The van der Waals surface area contributed by atoms with Crippen LogP contribution in [0.1, 0.15) is 59.1 Å². The number of likely N-dealkylation sites (tertiary alicyclic amines) is 1. The summed E-state index contributed by atoms with van der Waals surface area (Å²) in [6.07, 6.45) is -0.924. The number of methoxy groups -OCH3 is 1. The fraction of sp³-hybridized carbons (Fsp3) is 0.481. The molecule has 2 aromatic carbocycles. The van der Waals surface area contributed by atoms with Gasteiger partial charge < -0.3 is 14.2 Å². The van der Waals surface area contributed by atoms with Gasteiger partial charge in [0.05, 0.1) is 18.2 Å². The van der Waals surface area contributed by atoms with Gasteiger partial charge in [-0.05, 0) is 77.3 Å². The van der Waals surface area contributed by atoms with Gasteiger partial charge in [-0.3, -0.25) is 9.80 Å². The third kappa shape index (κ3) is 4.08. The highest BCUT2D eigenvalue weighted by Crippen LogP contribution is 2.56. The van der Waals surface area contributed by atoms with Crippen LogP contribution in [0.2, 0.25) is 0 Å². The lowest BCUT2D eigenvalue weighted by molar-refractivity contribution is 0.0187. The van der Waals surface area contributed by atoms with E-state index in [1.165, 1.54) is 0 Å². The molecular weight excluding hydrogens is 432 g/mol. The molecule has 2 aromatic rings. The van der Waals surface area contributed by atoms with E-state index < -0.39 is 35.0 Å². The first kappa shape index (κ1) is 23.9. The van der Waals surface area contributed by atoms with Crippen molar-refractivity contribution >= 4 is 17.9 Å². The Morgan fingerprint density at radius 2 is 1.47 bits per heavy atom. The highest BCUT2D eigenvalue weighted by molar-refractivity contribution is 5.94. The molecule has 1 fully saturated rings. The van der Waals surface area contributed by atoms with Crippen molar-refractivity contribution in [2.75, 3.05) is 18.6 Å². The number of carbonyl (C=O) groups is 2. The zero-order valence-electron chi connectivity index (χ0n) is 21.0. The van der Waals surface area contributed by atoms with Gasteiger partial charge in [0.15, 0.2) is 0 Å². The van der Waals surface area contributed by atoms with E-state index in [0.717, 1.165) is 22.6 Å². The summed E-state index contributed by atoms with van der Waals surface area (Å²) in [6.45, 7) is 11.5. The lowest BCUT2D eigenvalue weighted by atomic mass is 9.73. The molecule has 2 atom stereocenters. The third-order valence-electron chi connectivity index (χ3n) is 6.20. The maximum atomic E-state index is 13.6. The van der Waals surface area contributed by atoms with Crippen LogP contribution in [0, 0.1) is 0 Å². The van der Waals surface area contributed by atoms with Crippen molar-refractivity contribution in [1.82, 2.24) is 4.90 Å². The zero-order valence-corrected chi connectivity index (χ0v) is 21.0. The van der Waals surface area contributed by atoms with E-state index in [-0.39, 0.29) is 0 Å². The van der Waals surface area contributed by atoms with Gasteiger partial charge >= 0.3 is 12.2 Å². The lowest BCUT2D eigenvalue weighted by Gasteiger charge is -2.38. The van der Waals surface area contributed by atoms with Gasteiger partial charge in [-0.15, -0.1) is 0 Å². The minimum absolute atomic E-state index is 0.444. The molecule has 0 saturated carbocycles. The second-order valence-corrected chi connectivity index (χ2v) is 10.9. The molecule has 2 aliphatic rings. The Morgan fingerprint density at radius 3 is 2.06 bits per heavy atom. The van der Waals surface area contributed by atoms with Gasteiger partial charge in [0.2, 0.25) is 0 Å². The molecule has 4 rings (SSSR count). The first-order chi connectivity index (χ1) is 15.9. The molecule has 2 heterocycles. The van der Waals surface area contributed by atoms with E-state index in [4.69, 9.17) is 14.2 Å². The van der Waals surface area contributed by atoms with Gasteiger partial charge in [-0.2, -0.15) is 0 Å². The zero-order chi connectivity index (χ0) is 24.9.